The molecule has 1 N–H and O–H groups in total. The van der Waals surface area contributed by atoms with Crippen LogP contribution in [0.5, 0.6) is 5.88 Å². The van der Waals surface area contributed by atoms with Crippen LogP contribution in [0.3, 0.4) is 0 Å². The van der Waals surface area contributed by atoms with E-state index in [4.69, 9.17) is 4.74 Å². The lowest BCUT2D eigenvalue weighted by atomic mass is 10.2. The third-order valence-electron chi connectivity index (χ3n) is 4.86. The van der Waals surface area contributed by atoms with E-state index < -0.39 is 24.2 Å². The van der Waals surface area contributed by atoms with Gasteiger partial charge in [-0.3, -0.25) is 9.78 Å². The quantitative estimate of drug-likeness (QED) is 0.598. The lowest BCUT2D eigenvalue weighted by Gasteiger charge is -2.22. The van der Waals surface area contributed by atoms with Gasteiger partial charge in [-0.15, -0.1) is 0 Å². The number of rotatable bonds is 6. The number of anilines is 2. The van der Waals surface area contributed by atoms with Crippen LogP contribution in [0, 0.1) is 5.82 Å². The topological polar surface area (TPSA) is 93.1 Å². The molecule has 1 amide bonds. The summed E-state index contributed by atoms with van der Waals surface area (Å²) in [4.78, 5) is 30.8. The van der Waals surface area contributed by atoms with Crippen LogP contribution in [0.4, 0.5) is 24.7 Å². The highest BCUT2D eigenvalue weighted by molar-refractivity contribution is 6.07. The number of hydrogen-bond donors (Lipinski definition) is 1. The zero-order valence-corrected chi connectivity index (χ0v) is 17.9. The molecule has 3 aromatic heterocycles. The third-order valence-corrected chi connectivity index (χ3v) is 4.86. The summed E-state index contributed by atoms with van der Waals surface area (Å²) in [7, 11) is 0. The molecule has 33 heavy (non-hydrogen) atoms. The number of amides is 1. The van der Waals surface area contributed by atoms with Crippen LogP contribution in [-0.2, 0) is 0 Å². The van der Waals surface area contributed by atoms with Crippen LogP contribution >= 0.6 is 0 Å². The van der Waals surface area contributed by atoms with Gasteiger partial charge in [0, 0.05) is 25.4 Å². The first-order chi connectivity index (χ1) is 15.7. The molecule has 3 aromatic rings. The van der Waals surface area contributed by atoms with Gasteiger partial charge in [0.05, 0.1) is 23.9 Å². The van der Waals surface area contributed by atoms with E-state index in [9.17, 15) is 18.0 Å². The molecule has 0 aromatic carbocycles. The molecule has 0 spiro atoms. The smallest absolute Gasteiger partial charge is 0.266 e. The lowest BCUT2D eigenvalue weighted by molar-refractivity contribution is 0.0257. The molecule has 11 heteroatoms. The highest BCUT2D eigenvalue weighted by Crippen LogP contribution is 2.37. The molecule has 0 aliphatic carbocycles. The minimum absolute atomic E-state index is 0.0476. The maximum atomic E-state index is 14.4. The van der Waals surface area contributed by atoms with Crippen molar-refractivity contribution in [1.29, 1.82) is 0 Å². The molecule has 4 heterocycles. The number of hydrogen-bond acceptors (Lipinski definition) is 7. The van der Waals surface area contributed by atoms with E-state index in [0.29, 0.717) is 5.69 Å². The summed E-state index contributed by atoms with van der Waals surface area (Å²) < 4.78 is 47.4. The summed E-state index contributed by atoms with van der Waals surface area (Å²) in [6.07, 6.45) is 3.31. The maximum Gasteiger partial charge on any atom is 0.266 e. The molecule has 0 radical (unpaired) electrons. The molecule has 4 rings (SSSR count). The first kappa shape index (κ1) is 22.4. The number of nitrogens with one attached hydrogen (secondary N) is 1. The highest BCUT2D eigenvalue weighted by atomic mass is 19.3. The number of carbonyl (C=O) groups is 1. The van der Waals surface area contributed by atoms with Gasteiger partial charge in [-0.2, -0.15) is 0 Å². The third kappa shape index (κ3) is 5.02. The number of pyridine rings is 2. The van der Waals surface area contributed by atoms with Gasteiger partial charge in [-0.1, -0.05) is 6.07 Å². The summed E-state index contributed by atoms with van der Waals surface area (Å²) in [6.45, 7) is 2.94. The summed E-state index contributed by atoms with van der Waals surface area (Å²) in [6, 6.07) is 6.10. The standard InChI is InChI=1S/C22H21F3N6O2/c1-13(2)33-21-15(23)9-14(10-27-21)20(32)30-18-17(16-5-3-4-7-26-16)28-12-29-19(18)31-8-6-22(24,25)11-31/h3-5,7,9-10,12-13H,6,8,11H2,1-2H3,(H,30,32). The minimum Gasteiger partial charge on any atom is -0.473 e. The molecule has 8 nitrogen and oxygen atoms in total. The zero-order chi connectivity index (χ0) is 23.6. The van der Waals surface area contributed by atoms with Gasteiger partial charge in [0.25, 0.3) is 17.7 Å². The molecule has 0 atom stereocenters. The number of ether oxygens (including phenoxy) is 1. The van der Waals surface area contributed by atoms with Gasteiger partial charge >= 0.3 is 0 Å². The SMILES string of the molecule is CC(C)Oc1ncc(C(=O)Nc2c(-c3ccccn3)ncnc2N2CCC(F)(F)C2)cc1F. The van der Waals surface area contributed by atoms with Gasteiger partial charge in [0.15, 0.2) is 11.6 Å². The van der Waals surface area contributed by atoms with Crippen molar-refractivity contribution in [3.8, 4) is 17.3 Å². The molecular weight excluding hydrogens is 437 g/mol. The van der Waals surface area contributed by atoms with Gasteiger partial charge in [-0.05, 0) is 32.0 Å². The van der Waals surface area contributed by atoms with Crippen molar-refractivity contribution in [3.05, 3.63) is 54.4 Å². The van der Waals surface area contributed by atoms with E-state index in [1.165, 1.54) is 17.4 Å². The van der Waals surface area contributed by atoms with Crippen LogP contribution < -0.4 is 15.0 Å². The molecule has 172 valence electrons. The Morgan fingerprint density at radius 1 is 1.21 bits per heavy atom. The second-order valence-corrected chi connectivity index (χ2v) is 7.80. The van der Waals surface area contributed by atoms with Crippen molar-refractivity contribution in [3.63, 3.8) is 0 Å². The Labute approximate surface area is 187 Å². The monoisotopic (exact) mass is 458 g/mol. The molecule has 1 saturated heterocycles. The van der Waals surface area contributed by atoms with Crippen molar-refractivity contribution in [1.82, 2.24) is 19.9 Å². The van der Waals surface area contributed by atoms with Crippen LogP contribution in [0.2, 0.25) is 0 Å². The fourth-order valence-electron chi connectivity index (χ4n) is 3.39. The number of nitrogens with zero attached hydrogens (tertiary/aromatic N) is 5. The average molecular weight is 458 g/mol. The number of halogens is 3. The van der Waals surface area contributed by atoms with Crippen molar-refractivity contribution in [2.75, 3.05) is 23.3 Å². The van der Waals surface area contributed by atoms with Crippen LogP contribution in [0.25, 0.3) is 11.4 Å². The normalized spacial score (nSPS) is 15.0. The highest BCUT2D eigenvalue weighted by Gasteiger charge is 2.40. The van der Waals surface area contributed by atoms with Crippen LogP contribution in [0.1, 0.15) is 30.6 Å². The molecule has 1 aliphatic rings. The predicted octanol–water partition coefficient (Wildman–Crippen LogP) is 3.96. The first-order valence-electron chi connectivity index (χ1n) is 10.3. The summed E-state index contributed by atoms with van der Waals surface area (Å²) in [5.74, 6) is -4.48. The van der Waals surface area contributed by atoms with E-state index in [1.807, 2.05) is 0 Å². The summed E-state index contributed by atoms with van der Waals surface area (Å²) >= 11 is 0. The van der Waals surface area contributed by atoms with E-state index in [0.717, 1.165) is 6.07 Å². The first-order valence-corrected chi connectivity index (χ1v) is 10.3. The Hall–Kier alpha value is -3.76. The van der Waals surface area contributed by atoms with Gasteiger partial charge in [0.2, 0.25) is 0 Å². The molecule has 0 saturated carbocycles. The average Bonchev–Trinajstić information content (AvgIpc) is 3.15. The number of carbonyl (C=O) groups excluding carboxylic acids is 1. The summed E-state index contributed by atoms with van der Waals surface area (Å²) in [5.41, 5.74) is 0.670. The molecule has 0 bridgehead atoms. The van der Waals surface area contributed by atoms with E-state index in [-0.39, 0.29) is 47.7 Å². The predicted molar refractivity (Wildman–Crippen MR) is 115 cm³/mol. The van der Waals surface area contributed by atoms with E-state index >= 15 is 0 Å². The van der Waals surface area contributed by atoms with Crippen molar-refractivity contribution < 1.29 is 22.7 Å². The van der Waals surface area contributed by atoms with Crippen molar-refractivity contribution in [2.45, 2.75) is 32.3 Å². The lowest BCUT2D eigenvalue weighted by Crippen LogP contribution is -2.27. The van der Waals surface area contributed by atoms with Crippen molar-refractivity contribution >= 4 is 17.4 Å². The van der Waals surface area contributed by atoms with Gasteiger partial charge < -0.3 is 15.0 Å². The molecule has 0 unspecified atom stereocenters. The Morgan fingerprint density at radius 3 is 2.67 bits per heavy atom. The zero-order valence-electron chi connectivity index (χ0n) is 17.9. The summed E-state index contributed by atoms with van der Waals surface area (Å²) in [5, 5.41) is 2.65. The second-order valence-electron chi connectivity index (χ2n) is 7.80. The Morgan fingerprint density at radius 2 is 2.03 bits per heavy atom. The van der Waals surface area contributed by atoms with E-state index in [2.05, 4.69) is 25.3 Å². The Balaban J connectivity index is 1.71. The fourth-order valence-corrected chi connectivity index (χ4v) is 3.39. The number of alkyl halides is 2. The van der Waals surface area contributed by atoms with Gasteiger partial charge in [-0.25, -0.2) is 28.1 Å². The minimum atomic E-state index is -2.88. The van der Waals surface area contributed by atoms with Crippen LogP contribution in [0.15, 0.2) is 43.0 Å². The Kier molecular flexibility index (Phi) is 6.12. The Bertz CT molecular complexity index is 1160. The van der Waals surface area contributed by atoms with E-state index in [1.54, 1.807) is 38.2 Å². The fraction of sp³-hybridized carbons (Fsp3) is 0.318. The van der Waals surface area contributed by atoms with Gasteiger partial charge in [0.1, 0.15) is 17.7 Å². The van der Waals surface area contributed by atoms with Crippen LogP contribution in [-0.4, -0.2) is 51.0 Å². The second kappa shape index (κ2) is 9.00. The molecule has 1 aliphatic heterocycles. The maximum absolute atomic E-state index is 14.4. The number of aromatic nitrogens is 4. The molecular formula is C22H21F3N6O2. The largest absolute Gasteiger partial charge is 0.473 e. The molecule has 1 fully saturated rings. The van der Waals surface area contributed by atoms with Crippen molar-refractivity contribution in [2.24, 2.45) is 0 Å².